The van der Waals surface area contributed by atoms with E-state index in [0.717, 1.165) is 12.8 Å². The Morgan fingerprint density at radius 3 is 2.38 bits per heavy atom. The number of hydrogen-bond donors (Lipinski definition) is 1. The van der Waals surface area contributed by atoms with Crippen LogP contribution in [0.3, 0.4) is 0 Å². The van der Waals surface area contributed by atoms with Crippen molar-refractivity contribution in [1.82, 2.24) is 0 Å². The first-order valence-corrected chi connectivity index (χ1v) is 6.55. The maximum Gasteiger partial charge on any atom is 0.303 e. The standard InChI is InChI=1S/C14H26O2/c1-3-5-6-7-8-9-10-13(4-2)11-12-14(15)16/h4,13H,2-3,5-12H2,1H3,(H,15,16). The van der Waals surface area contributed by atoms with Gasteiger partial charge in [-0.3, -0.25) is 4.79 Å². The molecule has 0 rings (SSSR count). The third kappa shape index (κ3) is 9.75. The summed E-state index contributed by atoms with van der Waals surface area (Å²) in [6.07, 6.45) is 11.8. The van der Waals surface area contributed by atoms with Crippen LogP contribution in [-0.4, -0.2) is 11.1 Å². The van der Waals surface area contributed by atoms with Gasteiger partial charge in [0.15, 0.2) is 0 Å². The normalized spacial score (nSPS) is 12.3. The lowest BCUT2D eigenvalue weighted by Gasteiger charge is -2.10. The van der Waals surface area contributed by atoms with Crippen LogP contribution in [0.2, 0.25) is 0 Å². The molecule has 0 bridgehead atoms. The highest BCUT2D eigenvalue weighted by atomic mass is 16.4. The van der Waals surface area contributed by atoms with E-state index in [9.17, 15) is 4.79 Å². The smallest absolute Gasteiger partial charge is 0.303 e. The molecule has 0 heterocycles. The van der Waals surface area contributed by atoms with Crippen molar-refractivity contribution in [3.63, 3.8) is 0 Å². The Morgan fingerprint density at radius 2 is 1.81 bits per heavy atom. The van der Waals surface area contributed by atoms with E-state index in [1.807, 2.05) is 6.08 Å². The Hall–Kier alpha value is -0.790. The maximum atomic E-state index is 10.4. The van der Waals surface area contributed by atoms with Gasteiger partial charge in [-0.25, -0.2) is 0 Å². The van der Waals surface area contributed by atoms with Crippen molar-refractivity contribution in [1.29, 1.82) is 0 Å². The monoisotopic (exact) mass is 226 g/mol. The molecule has 2 heteroatoms. The van der Waals surface area contributed by atoms with Gasteiger partial charge in [-0.05, 0) is 18.8 Å². The van der Waals surface area contributed by atoms with Gasteiger partial charge in [0.2, 0.25) is 0 Å². The highest BCUT2D eigenvalue weighted by Crippen LogP contribution is 2.17. The van der Waals surface area contributed by atoms with Gasteiger partial charge in [-0.1, -0.05) is 51.5 Å². The number of hydrogen-bond acceptors (Lipinski definition) is 1. The molecule has 0 spiro atoms. The van der Waals surface area contributed by atoms with Crippen molar-refractivity contribution in [2.75, 3.05) is 0 Å². The lowest BCUT2D eigenvalue weighted by molar-refractivity contribution is -0.137. The first-order chi connectivity index (χ1) is 7.70. The molecule has 0 aliphatic rings. The van der Waals surface area contributed by atoms with Crippen LogP contribution in [-0.2, 0) is 4.79 Å². The number of aliphatic carboxylic acids is 1. The van der Waals surface area contributed by atoms with E-state index >= 15 is 0 Å². The number of carbonyl (C=O) groups is 1. The van der Waals surface area contributed by atoms with E-state index in [1.54, 1.807) is 0 Å². The quantitative estimate of drug-likeness (QED) is 0.418. The van der Waals surface area contributed by atoms with Crippen LogP contribution >= 0.6 is 0 Å². The number of carboxylic acid groups (broad SMARTS) is 1. The molecule has 0 aromatic carbocycles. The van der Waals surface area contributed by atoms with Gasteiger partial charge < -0.3 is 5.11 Å². The summed E-state index contributed by atoms with van der Waals surface area (Å²) in [6.45, 7) is 6.00. The summed E-state index contributed by atoms with van der Waals surface area (Å²) >= 11 is 0. The van der Waals surface area contributed by atoms with Crippen LogP contribution in [0.15, 0.2) is 12.7 Å². The Bertz CT molecular complexity index is 187. The molecule has 1 atom stereocenters. The summed E-state index contributed by atoms with van der Waals surface area (Å²) in [6, 6.07) is 0. The van der Waals surface area contributed by atoms with E-state index in [4.69, 9.17) is 5.11 Å². The highest BCUT2D eigenvalue weighted by molar-refractivity contribution is 5.66. The van der Waals surface area contributed by atoms with E-state index in [-0.39, 0.29) is 6.42 Å². The molecule has 16 heavy (non-hydrogen) atoms. The SMILES string of the molecule is C=CC(CCCCCCCC)CCC(=O)O. The predicted molar refractivity (Wildman–Crippen MR) is 68.5 cm³/mol. The van der Waals surface area contributed by atoms with Crippen LogP contribution in [0, 0.1) is 5.92 Å². The van der Waals surface area contributed by atoms with Crippen LogP contribution in [0.1, 0.15) is 64.7 Å². The molecule has 1 unspecified atom stereocenters. The fourth-order valence-corrected chi connectivity index (χ4v) is 1.88. The summed E-state index contributed by atoms with van der Waals surface area (Å²) in [5.41, 5.74) is 0. The lowest BCUT2D eigenvalue weighted by Crippen LogP contribution is -2.02. The summed E-state index contributed by atoms with van der Waals surface area (Å²) in [5, 5.41) is 8.59. The molecule has 94 valence electrons. The van der Waals surface area contributed by atoms with Crippen molar-refractivity contribution >= 4 is 5.97 Å². The minimum Gasteiger partial charge on any atom is -0.481 e. The van der Waals surface area contributed by atoms with Gasteiger partial charge in [0, 0.05) is 6.42 Å². The Labute approximate surface area is 99.7 Å². The Balaban J connectivity index is 3.40. The van der Waals surface area contributed by atoms with Crippen molar-refractivity contribution < 1.29 is 9.90 Å². The molecule has 2 nitrogen and oxygen atoms in total. The molecule has 0 aliphatic carbocycles. The average Bonchev–Trinajstić information content (AvgIpc) is 2.27. The molecular formula is C14H26O2. The van der Waals surface area contributed by atoms with Crippen molar-refractivity contribution in [3.05, 3.63) is 12.7 Å². The number of rotatable bonds is 11. The first kappa shape index (κ1) is 15.2. The fraction of sp³-hybridized carbons (Fsp3) is 0.786. The Kier molecular flexibility index (Phi) is 10.2. The van der Waals surface area contributed by atoms with Crippen molar-refractivity contribution in [2.45, 2.75) is 64.7 Å². The minimum atomic E-state index is -0.699. The molecular weight excluding hydrogens is 200 g/mol. The van der Waals surface area contributed by atoms with Crippen LogP contribution in [0.5, 0.6) is 0 Å². The molecule has 1 N–H and O–H groups in total. The zero-order valence-electron chi connectivity index (χ0n) is 10.6. The third-order valence-corrected chi connectivity index (χ3v) is 2.99. The molecule has 0 radical (unpaired) electrons. The fourth-order valence-electron chi connectivity index (χ4n) is 1.88. The molecule has 0 aromatic heterocycles. The number of allylic oxidation sites excluding steroid dienone is 1. The summed E-state index contributed by atoms with van der Waals surface area (Å²) in [5.74, 6) is -0.308. The summed E-state index contributed by atoms with van der Waals surface area (Å²) in [4.78, 5) is 10.4. The third-order valence-electron chi connectivity index (χ3n) is 2.99. The summed E-state index contributed by atoms with van der Waals surface area (Å²) < 4.78 is 0. The highest BCUT2D eigenvalue weighted by Gasteiger charge is 2.06. The van der Waals surface area contributed by atoms with Crippen LogP contribution in [0.25, 0.3) is 0 Å². The minimum absolute atomic E-state index is 0.270. The van der Waals surface area contributed by atoms with Gasteiger partial charge in [-0.15, -0.1) is 6.58 Å². The van der Waals surface area contributed by atoms with Gasteiger partial charge in [0.05, 0.1) is 0 Å². The van der Waals surface area contributed by atoms with Gasteiger partial charge in [0.25, 0.3) is 0 Å². The maximum absolute atomic E-state index is 10.4. The topological polar surface area (TPSA) is 37.3 Å². The van der Waals surface area contributed by atoms with Gasteiger partial charge in [0.1, 0.15) is 0 Å². The second kappa shape index (κ2) is 10.7. The molecule has 0 fully saturated rings. The van der Waals surface area contributed by atoms with E-state index < -0.39 is 5.97 Å². The molecule has 0 saturated heterocycles. The second-order valence-corrected chi connectivity index (χ2v) is 4.48. The molecule has 0 saturated carbocycles. The largest absolute Gasteiger partial charge is 0.481 e. The number of carboxylic acids is 1. The first-order valence-electron chi connectivity index (χ1n) is 6.55. The van der Waals surface area contributed by atoms with Crippen LogP contribution < -0.4 is 0 Å². The zero-order valence-corrected chi connectivity index (χ0v) is 10.6. The van der Waals surface area contributed by atoms with Crippen LogP contribution in [0.4, 0.5) is 0 Å². The second-order valence-electron chi connectivity index (χ2n) is 4.48. The molecule has 0 amide bonds. The van der Waals surface area contributed by atoms with Crippen molar-refractivity contribution in [3.8, 4) is 0 Å². The lowest BCUT2D eigenvalue weighted by atomic mass is 9.96. The average molecular weight is 226 g/mol. The zero-order chi connectivity index (χ0) is 12.2. The van der Waals surface area contributed by atoms with Gasteiger partial charge >= 0.3 is 5.97 Å². The van der Waals surface area contributed by atoms with E-state index in [2.05, 4.69) is 13.5 Å². The van der Waals surface area contributed by atoms with E-state index in [0.29, 0.717) is 5.92 Å². The molecule has 0 aromatic rings. The van der Waals surface area contributed by atoms with Gasteiger partial charge in [-0.2, -0.15) is 0 Å². The number of unbranched alkanes of at least 4 members (excludes halogenated alkanes) is 5. The van der Waals surface area contributed by atoms with E-state index in [1.165, 1.54) is 38.5 Å². The summed E-state index contributed by atoms with van der Waals surface area (Å²) in [7, 11) is 0. The van der Waals surface area contributed by atoms with Crippen molar-refractivity contribution in [2.24, 2.45) is 5.92 Å². The Morgan fingerprint density at radius 1 is 1.19 bits per heavy atom. The molecule has 0 aliphatic heterocycles. The predicted octanol–water partition coefficient (Wildman–Crippen LogP) is 4.40.